The molecule has 0 atom stereocenters. The van der Waals surface area contributed by atoms with Crippen molar-refractivity contribution in [1.29, 1.82) is 0 Å². The predicted octanol–water partition coefficient (Wildman–Crippen LogP) is 4.51. The first kappa shape index (κ1) is 19.6. The average Bonchev–Trinajstić information content (AvgIpc) is 3.35. The molecule has 1 N–H and O–H groups in total. The first-order valence-electron chi connectivity index (χ1n) is 9.90. The number of aryl methyl sites for hydroxylation is 3. The molecule has 0 bridgehead atoms. The molecule has 4 rings (SSSR count). The summed E-state index contributed by atoms with van der Waals surface area (Å²) in [5.41, 5.74) is 7.38. The van der Waals surface area contributed by atoms with Gasteiger partial charge in [0.1, 0.15) is 0 Å². The van der Waals surface area contributed by atoms with Crippen LogP contribution in [0.25, 0.3) is 11.3 Å². The first-order valence-corrected chi connectivity index (χ1v) is 9.90. The van der Waals surface area contributed by atoms with E-state index in [0.29, 0.717) is 18.1 Å². The minimum atomic E-state index is -0.186. The van der Waals surface area contributed by atoms with Crippen LogP contribution in [0.3, 0.4) is 0 Å². The van der Waals surface area contributed by atoms with E-state index in [1.807, 2.05) is 46.8 Å². The van der Waals surface area contributed by atoms with Crippen molar-refractivity contribution >= 4 is 11.9 Å². The number of amides is 1. The molecule has 6 heteroatoms. The van der Waals surface area contributed by atoms with Crippen molar-refractivity contribution < 1.29 is 4.79 Å². The number of carbonyl (C=O) groups excluding carboxylic acids is 1. The molecule has 30 heavy (non-hydrogen) atoms. The van der Waals surface area contributed by atoms with Gasteiger partial charge in [-0.25, -0.2) is 4.98 Å². The number of hydrogen-bond donors (Lipinski definition) is 1. The van der Waals surface area contributed by atoms with E-state index in [9.17, 15) is 4.79 Å². The summed E-state index contributed by atoms with van der Waals surface area (Å²) in [4.78, 5) is 17.3. The highest BCUT2D eigenvalue weighted by Crippen LogP contribution is 2.28. The van der Waals surface area contributed by atoms with Gasteiger partial charge < -0.3 is 4.57 Å². The SMILES string of the molecule is Cc1cc(C)c(-c2cnc(NC(=O)c3cccc(Cn4cccn4)c3)n2C)cc1C. The largest absolute Gasteiger partial charge is 0.313 e. The molecule has 0 aliphatic rings. The number of imidazole rings is 1. The number of benzene rings is 2. The van der Waals surface area contributed by atoms with Crippen LogP contribution >= 0.6 is 0 Å². The van der Waals surface area contributed by atoms with Crippen molar-refractivity contribution in [2.75, 3.05) is 5.32 Å². The standard InChI is InChI=1S/C24H25N5O/c1-16-11-18(3)21(12-17(16)2)22-14-25-24(28(22)4)27-23(30)20-8-5-7-19(13-20)15-29-10-6-9-26-29/h5-14H,15H2,1-4H3,(H,25,27,30). The normalized spacial score (nSPS) is 10.9. The molecule has 4 aromatic rings. The minimum Gasteiger partial charge on any atom is -0.313 e. The highest BCUT2D eigenvalue weighted by Gasteiger charge is 2.15. The van der Waals surface area contributed by atoms with E-state index in [-0.39, 0.29) is 5.91 Å². The summed E-state index contributed by atoms with van der Waals surface area (Å²) in [6.45, 7) is 6.93. The predicted molar refractivity (Wildman–Crippen MR) is 119 cm³/mol. The molecule has 6 nitrogen and oxygen atoms in total. The maximum atomic E-state index is 12.8. The van der Waals surface area contributed by atoms with Gasteiger partial charge in [0.05, 0.1) is 18.4 Å². The van der Waals surface area contributed by atoms with Crippen molar-refractivity contribution in [3.63, 3.8) is 0 Å². The summed E-state index contributed by atoms with van der Waals surface area (Å²) in [7, 11) is 1.92. The molecule has 0 spiro atoms. The third-order valence-electron chi connectivity index (χ3n) is 5.42. The fourth-order valence-electron chi connectivity index (χ4n) is 3.58. The van der Waals surface area contributed by atoms with E-state index >= 15 is 0 Å². The summed E-state index contributed by atoms with van der Waals surface area (Å²) >= 11 is 0. The Bertz CT molecular complexity index is 1200. The fourth-order valence-corrected chi connectivity index (χ4v) is 3.58. The Morgan fingerprint density at radius 3 is 2.60 bits per heavy atom. The molecule has 2 heterocycles. The zero-order valence-electron chi connectivity index (χ0n) is 17.7. The molecule has 0 saturated carbocycles. The lowest BCUT2D eigenvalue weighted by Crippen LogP contribution is -2.15. The Hall–Kier alpha value is -3.67. The van der Waals surface area contributed by atoms with Crippen LogP contribution < -0.4 is 5.32 Å². The van der Waals surface area contributed by atoms with Crippen molar-refractivity contribution in [3.05, 3.63) is 88.9 Å². The van der Waals surface area contributed by atoms with Gasteiger partial charge in [0.2, 0.25) is 5.95 Å². The zero-order valence-corrected chi connectivity index (χ0v) is 17.7. The lowest BCUT2D eigenvalue weighted by atomic mass is 9.99. The molecule has 0 aliphatic heterocycles. The van der Waals surface area contributed by atoms with Crippen LogP contribution in [0.5, 0.6) is 0 Å². The Kier molecular flexibility index (Phi) is 5.23. The highest BCUT2D eigenvalue weighted by molar-refractivity contribution is 6.03. The smallest absolute Gasteiger partial charge is 0.257 e. The number of carbonyl (C=O) groups is 1. The van der Waals surface area contributed by atoms with Crippen molar-refractivity contribution in [2.45, 2.75) is 27.3 Å². The van der Waals surface area contributed by atoms with Crippen molar-refractivity contribution in [2.24, 2.45) is 7.05 Å². The maximum Gasteiger partial charge on any atom is 0.257 e. The summed E-state index contributed by atoms with van der Waals surface area (Å²) in [5, 5.41) is 7.16. The Balaban J connectivity index is 1.56. The summed E-state index contributed by atoms with van der Waals surface area (Å²) in [6, 6.07) is 13.8. The lowest BCUT2D eigenvalue weighted by molar-refractivity contribution is 0.102. The summed E-state index contributed by atoms with van der Waals surface area (Å²) < 4.78 is 3.75. The molecule has 1 amide bonds. The number of rotatable bonds is 5. The molecule has 0 radical (unpaired) electrons. The molecule has 0 aliphatic carbocycles. The first-order chi connectivity index (χ1) is 14.4. The number of hydrogen-bond acceptors (Lipinski definition) is 3. The second-order valence-corrected chi connectivity index (χ2v) is 7.64. The van der Waals surface area contributed by atoms with Gasteiger partial charge in [0.15, 0.2) is 0 Å². The topological polar surface area (TPSA) is 64.7 Å². The molecule has 0 saturated heterocycles. The highest BCUT2D eigenvalue weighted by atomic mass is 16.1. The minimum absolute atomic E-state index is 0.186. The van der Waals surface area contributed by atoms with Gasteiger partial charge >= 0.3 is 0 Å². The van der Waals surface area contributed by atoms with Crippen LogP contribution in [0.1, 0.15) is 32.6 Å². The monoisotopic (exact) mass is 399 g/mol. The van der Waals surface area contributed by atoms with Crippen LogP contribution in [-0.2, 0) is 13.6 Å². The average molecular weight is 399 g/mol. The van der Waals surface area contributed by atoms with Gasteiger partial charge in [-0.1, -0.05) is 18.2 Å². The molecular formula is C24H25N5O. The van der Waals surface area contributed by atoms with E-state index in [2.05, 4.69) is 48.3 Å². The van der Waals surface area contributed by atoms with Crippen LogP contribution in [0.2, 0.25) is 0 Å². The Labute approximate surface area is 176 Å². The van der Waals surface area contributed by atoms with E-state index in [0.717, 1.165) is 16.8 Å². The summed E-state index contributed by atoms with van der Waals surface area (Å²) in [5.74, 6) is 0.333. The van der Waals surface area contributed by atoms with Crippen molar-refractivity contribution in [3.8, 4) is 11.3 Å². The van der Waals surface area contributed by atoms with E-state index in [1.54, 1.807) is 18.5 Å². The summed E-state index contributed by atoms with van der Waals surface area (Å²) in [6.07, 6.45) is 5.45. The van der Waals surface area contributed by atoms with E-state index in [1.165, 1.54) is 16.7 Å². The second kappa shape index (κ2) is 7.99. The van der Waals surface area contributed by atoms with Crippen LogP contribution in [-0.4, -0.2) is 25.2 Å². The molecular weight excluding hydrogens is 374 g/mol. The van der Waals surface area contributed by atoms with Gasteiger partial charge in [0, 0.05) is 30.6 Å². The Morgan fingerprint density at radius 1 is 1.03 bits per heavy atom. The quantitative estimate of drug-likeness (QED) is 0.537. The maximum absolute atomic E-state index is 12.8. The number of aromatic nitrogens is 4. The lowest BCUT2D eigenvalue weighted by Gasteiger charge is -2.12. The third kappa shape index (κ3) is 3.89. The Morgan fingerprint density at radius 2 is 1.83 bits per heavy atom. The van der Waals surface area contributed by atoms with Gasteiger partial charge in [-0.05, 0) is 67.3 Å². The number of nitrogens with one attached hydrogen (secondary N) is 1. The fraction of sp³-hybridized carbons (Fsp3) is 0.208. The van der Waals surface area contributed by atoms with Gasteiger partial charge in [0.25, 0.3) is 5.91 Å². The van der Waals surface area contributed by atoms with Crippen LogP contribution in [0, 0.1) is 20.8 Å². The third-order valence-corrected chi connectivity index (χ3v) is 5.42. The van der Waals surface area contributed by atoms with Crippen LogP contribution in [0.15, 0.2) is 61.1 Å². The number of nitrogens with zero attached hydrogens (tertiary/aromatic N) is 4. The number of anilines is 1. The molecule has 0 fully saturated rings. The second-order valence-electron chi connectivity index (χ2n) is 7.64. The van der Waals surface area contributed by atoms with E-state index in [4.69, 9.17) is 0 Å². The molecule has 152 valence electrons. The van der Waals surface area contributed by atoms with Gasteiger partial charge in [-0.3, -0.25) is 14.8 Å². The molecule has 2 aromatic heterocycles. The van der Waals surface area contributed by atoms with Crippen LogP contribution in [0.4, 0.5) is 5.95 Å². The van der Waals surface area contributed by atoms with Gasteiger partial charge in [-0.15, -0.1) is 0 Å². The molecule has 2 aromatic carbocycles. The van der Waals surface area contributed by atoms with Crippen molar-refractivity contribution in [1.82, 2.24) is 19.3 Å². The zero-order chi connectivity index (χ0) is 21.3. The van der Waals surface area contributed by atoms with Gasteiger partial charge in [-0.2, -0.15) is 5.10 Å². The van der Waals surface area contributed by atoms with E-state index < -0.39 is 0 Å². The molecule has 0 unspecified atom stereocenters.